The van der Waals surface area contributed by atoms with Gasteiger partial charge in [0, 0.05) is 79.3 Å². The van der Waals surface area contributed by atoms with Crippen LogP contribution in [0.4, 0.5) is 0 Å². The van der Waals surface area contributed by atoms with E-state index in [0.717, 1.165) is 69.9 Å². The van der Waals surface area contributed by atoms with Gasteiger partial charge in [0.25, 0.3) is 5.91 Å². The highest BCUT2D eigenvalue weighted by Crippen LogP contribution is 2.67. The lowest BCUT2D eigenvalue weighted by Gasteiger charge is -2.43. The highest BCUT2D eigenvalue weighted by atomic mass is 32.2. The first-order valence-corrected chi connectivity index (χ1v) is 18.4. The summed E-state index contributed by atoms with van der Waals surface area (Å²) in [5.74, 6) is 0.671. The van der Waals surface area contributed by atoms with Gasteiger partial charge in [-0.15, -0.1) is 0 Å². The molecule has 4 aliphatic rings. The standard InChI is InChI=1S/C36H47N5O5S/c1-22-19-40(20-23(2)39(22)5)35(43)36-18-28(36)32-27(13-10-14-30(32)46-6)33-31(24-11-8-7-9-12-24)26-16-15-25(17-29(26)41(33)21-36)34(42)37-47(44,45)38(3)4/h10,13-17,22-24,28H,7-9,11-12,18-21H2,1-6H3,(H,37,42). The number of hydrogen-bond acceptors (Lipinski definition) is 6. The van der Waals surface area contributed by atoms with Crippen LogP contribution in [0.2, 0.25) is 0 Å². The Morgan fingerprint density at radius 3 is 2.36 bits per heavy atom. The number of carbonyl (C=O) groups excluding carboxylic acids is 2. The smallest absolute Gasteiger partial charge is 0.303 e. The minimum Gasteiger partial charge on any atom is -0.496 e. The van der Waals surface area contributed by atoms with Gasteiger partial charge in [0.1, 0.15) is 5.75 Å². The molecule has 4 unspecified atom stereocenters. The Labute approximate surface area is 278 Å². The normalized spacial score (nSPS) is 26.4. The zero-order valence-electron chi connectivity index (χ0n) is 28.4. The maximum absolute atomic E-state index is 14.8. The molecule has 3 aromatic rings. The number of carbonyl (C=O) groups is 2. The van der Waals surface area contributed by atoms with Gasteiger partial charge in [0.2, 0.25) is 5.91 Å². The van der Waals surface area contributed by atoms with E-state index >= 15 is 0 Å². The molecule has 0 radical (unpaired) electrons. The van der Waals surface area contributed by atoms with Crippen LogP contribution in [0.25, 0.3) is 22.2 Å². The highest BCUT2D eigenvalue weighted by Gasteiger charge is 2.65. The summed E-state index contributed by atoms with van der Waals surface area (Å²) >= 11 is 0. The SMILES string of the molecule is COc1cccc2c1C1CC1(C(=O)N1CC(C)N(C)C(C)C1)Cn1c-2c(C2CCCCC2)c2ccc(C(=O)NS(=O)(=O)N(C)C)cc21. The first kappa shape index (κ1) is 32.2. The van der Waals surface area contributed by atoms with Crippen LogP contribution in [0.15, 0.2) is 36.4 Å². The summed E-state index contributed by atoms with van der Waals surface area (Å²) in [5, 5.41) is 1.07. The number of hydrogen-bond donors (Lipinski definition) is 1. The quantitative estimate of drug-likeness (QED) is 0.402. The largest absolute Gasteiger partial charge is 0.496 e. The van der Waals surface area contributed by atoms with E-state index in [1.54, 1.807) is 13.2 Å². The van der Waals surface area contributed by atoms with Gasteiger partial charge in [-0.05, 0) is 69.8 Å². The molecule has 47 heavy (non-hydrogen) atoms. The molecule has 2 aliphatic heterocycles. The predicted octanol–water partition coefficient (Wildman–Crippen LogP) is 4.94. The number of nitrogens with one attached hydrogen (secondary N) is 1. The molecule has 3 fully saturated rings. The van der Waals surface area contributed by atoms with Crippen molar-refractivity contribution >= 4 is 32.9 Å². The number of rotatable bonds is 6. The van der Waals surface area contributed by atoms with E-state index in [0.29, 0.717) is 25.6 Å². The Morgan fingerprint density at radius 2 is 1.70 bits per heavy atom. The number of likely N-dealkylation sites (N-methyl/N-ethyl adjacent to an activating group) is 1. The molecule has 2 saturated carbocycles. The summed E-state index contributed by atoms with van der Waals surface area (Å²) in [6.07, 6.45) is 6.44. The zero-order valence-corrected chi connectivity index (χ0v) is 29.2. The summed E-state index contributed by atoms with van der Waals surface area (Å²) in [5.41, 5.74) is 5.07. The van der Waals surface area contributed by atoms with Crippen molar-refractivity contribution in [3.8, 4) is 17.0 Å². The maximum atomic E-state index is 14.8. The molecule has 7 rings (SSSR count). The van der Waals surface area contributed by atoms with Crippen LogP contribution >= 0.6 is 0 Å². The van der Waals surface area contributed by atoms with Crippen molar-refractivity contribution in [2.75, 3.05) is 41.3 Å². The summed E-state index contributed by atoms with van der Waals surface area (Å²) in [6.45, 7) is 6.22. The van der Waals surface area contributed by atoms with Crippen molar-refractivity contribution in [2.24, 2.45) is 5.41 Å². The molecule has 2 aliphatic carbocycles. The first-order valence-electron chi connectivity index (χ1n) is 17.0. The van der Waals surface area contributed by atoms with E-state index in [4.69, 9.17) is 4.74 Å². The maximum Gasteiger partial charge on any atom is 0.303 e. The van der Waals surface area contributed by atoms with Crippen molar-refractivity contribution < 1.29 is 22.7 Å². The van der Waals surface area contributed by atoms with Gasteiger partial charge in [0.15, 0.2) is 0 Å². The molecule has 4 atom stereocenters. The minimum absolute atomic E-state index is 0.0114. The van der Waals surface area contributed by atoms with Crippen LogP contribution < -0.4 is 9.46 Å². The summed E-state index contributed by atoms with van der Waals surface area (Å²) in [4.78, 5) is 32.6. The van der Waals surface area contributed by atoms with Gasteiger partial charge in [-0.25, -0.2) is 4.72 Å². The second-order valence-electron chi connectivity index (χ2n) is 14.5. The number of nitrogens with zero attached hydrogens (tertiary/aromatic N) is 4. The number of fused-ring (bicyclic) bond motifs is 7. The second-order valence-corrected chi connectivity index (χ2v) is 16.4. The summed E-state index contributed by atoms with van der Waals surface area (Å²) < 4.78 is 36.7. The Kier molecular flexibility index (Phi) is 7.96. The number of benzene rings is 2. The van der Waals surface area contributed by atoms with Crippen molar-refractivity contribution in [1.29, 1.82) is 0 Å². The third-order valence-corrected chi connectivity index (χ3v) is 13.0. The average Bonchev–Trinajstić information content (AvgIpc) is 3.71. The fraction of sp³-hybridized carbons (Fsp3) is 0.556. The number of piperazine rings is 1. The molecule has 2 aromatic carbocycles. The van der Waals surface area contributed by atoms with Crippen molar-refractivity contribution in [3.63, 3.8) is 0 Å². The van der Waals surface area contributed by atoms with E-state index in [2.05, 4.69) is 46.1 Å². The van der Waals surface area contributed by atoms with Gasteiger partial charge in [-0.3, -0.25) is 14.5 Å². The van der Waals surface area contributed by atoms with E-state index < -0.39 is 21.5 Å². The minimum atomic E-state index is -3.97. The number of ether oxygens (including phenoxy) is 1. The Hall–Kier alpha value is -3.41. The highest BCUT2D eigenvalue weighted by molar-refractivity contribution is 7.87. The van der Waals surface area contributed by atoms with Crippen molar-refractivity contribution in [2.45, 2.75) is 82.8 Å². The molecule has 2 amide bonds. The molecular formula is C36H47N5O5S. The number of aromatic nitrogens is 1. The third kappa shape index (κ3) is 5.16. The molecule has 1 N–H and O–H groups in total. The predicted molar refractivity (Wildman–Crippen MR) is 183 cm³/mol. The molecule has 0 bridgehead atoms. The Bertz CT molecular complexity index is 1850. The Balaban J connectivity index is 1.43. The lowest BCUT2D eigenvalue weighted by atomic mass is 9.81. The van der Waals surface area contributed by atoms with E-state index in [-0.39, 0.29) is 29.5 Å². The van der Waals surface area contributed by atoms with Gasteiger partial charge < -0.3 is 14.2 Å². The van der Waals surface area contributed by atoms with E-state index in [1.165, 1.54) is 26.1 Å². The lowest BCUT2D eigenvalue weighted by Crippen LogP contribution is -2.58. The molecule has 10 nitrogen and oxygen atoms in total. The number of methoxy groups -OCH3 is 1. The lowest BCUT2D eigenvalue weighted by molar-refractivity contribution is -0.141. The molecule has 3 heterocycles. The number of amides is 2. The zero-order chi connectivity index (χ0) is 33.4. The molecule has 11 heteroatoms. The summed E-state index contributed by atoms with van der Waals surface area (Å²) in [6, 6.07) is 12.3. The fourth-order valence-corrected chi connectivity index (χ4v) is 9.20. The molecule has 1 saturated heterocycles. The monoisotopic (exact) mass is 661 g/mol. The second kappa shape index (κ2) is 11.6. The van der Waals surface area contributed by atoms with Gasteiger partial charge in [-0.2, -0.15) is 12.7 Å². The van der Waals surface area contributed by atoms with Gasteiger partial charge in [0.05, 0.1) is 18.2 Å². The fourth-order valence-electron chi connectivity index (χ4n) is 8.66. The van der Waals surface area contributed by atoms with Crippen LogP contribution in [0.1, 0.15) is 85.7 Å². The van der Waals surface area contributed by atoms with Gasteiger partial charge >= 0.3 is 10.2 Å². The molecule has 1 aromatic heterocycles. The van der Waals surface area contributed by atoms with Crippen LogP contribution in [0, 0.1) is 5.41 Å². The first-order chi connectivity index (χ1) is 22.4. The van der Waals surface area contributed by atoms with Crippen LogP contribution in [-0.2, 0) is 21.5 Å². The molecule has 252 valence electrons. The summed E-state index contributed by atoms with van der Waals surface area (Å²) in [7, 11) is 2.64. The average molecular weight is 662 g/mol. The van der Waals surface area contributed by atoms with Crippen molar-refractivity contribution in [3.05, 3.63) is 53.1 Å². The van der Waals surface area contributed by atoms with Crippen LogP contribution in [-0.4, -0.2) is 92.3 Å². The van der Waals surface area contributed by atoms with E-state index in [1.807, 2.05) is 24.3 Å². The van der Waals surface area contributed by atoms with Crippen LogP contribution in [0.5, 0.6) is 5.75 Å². The van der Waals surface area contributed by atoms with Crippen LogP contribution in [0.3, 0.4) is 0 Å². The van der Waals surface area contributed by atoms with E-state index in [9.17, 15) is 18.0 Å². The molecular weight excluding hydrogens is 614 g/mol. The topological polar surface area (TPSA) is 104 Å². The molecule has 0 spiro atoms. The Morgan fingerprint density at radius 1 is 1.00 bits per heavy atom. The third-order valence-electron chi connectivity index (χ3n) is 11.6. The van der Waals surface area contributed by atoms with Crippen molar-refractivity contribution in [1.82, 2.24) is 23.4 Å². The van der Waals surface area contributed by atoms with Gasteiger partial charge in [-0.1, -0.05) is 37.5 Å².